The number of anilines is 1. The molecule has 1 aromatic carbocycles. The van der Waals surface area contributed by atoms with Crippen molar-refractivity contribution in [2.24, 2.45) is 23.7 Å². The van der Waals surface area contributed by atoms with E-state index in [2.05, 4.69) is 5.32 Å². The number of hydrogen-bond acceptors (Lipinski definition) is 4. The van der Waals surface area contributed by atoms with Crippen LogP contribution in [0.25, 0.3) is 0 Å². The minimum atomic E-state index is -0.926. The van der Waals surface area contributed by atoms with E-state index >= 15 is 0 Å². The summed E-state index contributed by atoms with van der Waals surface area (Å²) in [6.07, 6.45) is 4.57. The van der Waals surface area contributed by atoms with Crippen molar-refractivity contribution < 1.29 is 24.2 Å². The third-order valence-corrected chi connectivity index (χ3v) is 4.71. The van der Waals surface area contributed by atoms with E-state index in [1.165, 1.54) is 0 Å². The zero-order valence-corrected chi connectivity index (χ0v) is 13.3. The van der Waals surface area contributed by atoms with E-state index in [0.29, 0.717) is 17.9 Å². The Kier molecular flexibility index (Phi) is 4.38. The first-order valence-electron chi connectivity index (χ1n) is 8.00. The molecule has 2 bridgehead atoms. The third kappa shape index (κ3) is 2.91. The Balaban J connectivity index is 1.70. The molecule has 4 atom stereocenters. The molecule has 24 heavy (non-hydrogen) atoms. The van der Waals surface area contributed by atoms with Crippen molar-refractivity contribution in [2.45, 2.75) is 13.3 Å². The van der Waals surface area contributed by atoms with Gasteiger partial charge in [-0.05, 0) is 49.4 Å². The van der Waals surface area contributed by atoms with Crippen molar-refractivity contribution >= 4 is 23.5 Å². The van der Waals surface area contributed by atoms with Crippen molar-refractivity contribution in [3.05, 3.63) is 42.0 Å². The van der Waals surface area contributed by atoms with Gasteiger partial charge < -0.3 is 15.2 Å². The molecule has 0 heterocycles. The molecule has 0 aliphatic heterocycles. The minimum Gasteiger partial charge on any atom is -0.481 e. The van der Waals surface area contributed by atoms with Gasteiger partial charge in [-0.1, -0.05) is 12.2 Å². The SMILES string of the molecule is CCOC(=O)c1ccc(NC(=O)[C@@H]2[C@@H](C(=O)O)[C@H]3C=C[C@H]2C3)cc1. The fourth-order valence-corrected chi connectivity index (χ4v) is 3.65. The number of rotatable bonds is 5. The fourth-order valence-electron chi connectivity index (χ4n) is 3.65. The standard InChI is InChI=1S/C18H19NO5/c1-2-24-18(23)10-5-7-13(8-6-10)19-16(20)14-11-3-4-12(9-11)15(14)17(21)22/h3-8,11-12,14-15H,2,9H2,1H3,(H,19,20)(H,21,22)/t11-,12-,14-,15-/m0/s1. The van der Waals surface area contributed by atoms with E-state index in [9.17, 15) is 19.5 Å². The molecule has 2 aliphatic carbocycles. The number of aliphatic carboxylic acids is 1. The van der Waals surface area contributed by atoms with Crippen LogP contribution < -0.4 is 5.32 Å². The number of carbonyl (C=O) groups is 3. The second-order valence-electron chi connectivity index (χ2n) is 6.13. The molecule has 2 N–H and O–H groups in total. The summed E-state index contributed by atoms with van der Waals surface area (Å²) in [6.45, 7) is 2.03. The molecule has 0 radical (unpaired) electrons. The highest BCUT2D eigenvalue weighted by atomic mass is 16.5. The predicted molar refractivity (Wildman–Crippen MR) is 86.4 cm³/mol. The van der Waals surface area contributed by atoms with Crippen LogP contribution in [0.15, 0.2) is 36.4 Å². The summed E-state index contributed by atoms with van der Waals surface area (Å²) in [5.41, 5.74) is 0.935. The van der Waals surface area contributed by atoms with E-state index in [1.807, 2.05) is 12.2 Å². The highest BCUT2D eigenvalue weighted by molar-refractivity contribution is 5.97. The normalized spacial score (nSPS) is 27.0. The van der Waals surface area contributed by atoms with Crippen LogP contribution >= 0.6 is 0 Å². The summed E-state index contributed by atoms with van der Waals surface area (Å²) in [4.78, 5) is 35.6. The molecule has 6 nitrogen and oxygen atoms in total. The third-order valence-electron chi connectivity index (χ3n) is 4.71. The number of hydrogen-bond donors (Lipinski definition) is 2. The lowest BCUT2D eigenvalue weighted by Crippen LogP contribution is -2.36. The molecule has 1 aromatic rings. The number of carboxylic acids is 1. The van der Waals surface area contributed by atoms with Crippen LogP contribution in [0.1, 0.15) is 23.7 Å². The van der Waals surface area contributed by atoms with Crippen molar-refractivity contribution in [2.75, 3.05) is 11.9 Å². The minimum absolute atomic E-state index is 0.0186. The van der Waals surface area contributed by atoms with Gasteiger partial charge in [-0.25, -0.2) is 4.79 Å². The number of benzene rings is 1. The van der Waals surface area contributed by atoms with Gasteiger partial charge >= 0.3 is 11.9 Å². The fraction of sp³-hybridized carbons (Fsp3) is 0.389. The smallest absolute Gasteiger partial charge is 0.338 e. The summed E-state index contributed by atoms with van der Waals surface area (Å²) in [7, 11) is 0. The number of nitrogens with one attached hydrogen (secondary N) is 1. The van der Waals surface area contributed by atoms with E-state index in [0.717, 1.165) is 6.42 Å². The van der Waals surface area contributed by atoms with Gasteiger partial charge in [0.25, 0.3) is 0 Å². The molecule has 0 aromatic heterocycles. The van der Waals surface area contributed by atoms with Crippen LogP contribution in [0.2, 0.25) is 0 Å². The number of carbonyl (C=O) groups excluding carboxylic acids is 2. The summed E-state index contributed by atoms with van der Waals surface area (Å²) in [5.74, 6) is -2.93. The Morgan fingerprint density at radius 1 is 1.12 bits per heavy atom. The zero-order chi connectivity index (χ0) is 17.3. The second-order valence-corrected chi connectivity index (χ2v) is 6.13. The molecule has 3 rings (SSSR count). The first kappa shape index (κ1) is 16.2. The average Bonchev–Trinajstić information content (AvgIpc) is 3.16. The molecule has 2 aliphatic rings. The number of allylic oxidation sites excluding steroid dienone is 2. The molecule has 1 saturated carbocycles. The Morgan fingerprint density at radius 3 is 2.33 bits per heavy atom. The van der Waals surface area contributed by atoms with E-state index in [1.54, 1.807) is 31.2 Å². The van der Waals surface area contributed by atoms with Crippen molar-refractivity contribution in [3.63, 3.8) is 0 Å². The number of ether oxygens (including phenoxy) is 1. The highest BCUT2D eigenvalue weighted by Crippen LogP contribution is 2.48. The van der Waals surface area contributed by atoms with Crippen LogP contribution in [0, 0.1) is 23.7 Å². The molecule has 0 saturated heterocycles. The lowest BCUT2D eigenvalue weighted by atomic mass is 9.82. The molecule has 0 spiro atoms. The van der Waals surface area contributed by atoms with Crippen LogP contribution in [0.3, 0.4) is 0 Å². The molecule has 126 valence electrons. The summed E-state index contributed by atoms with van der Waals surface area (Å²) in [6, 6.07) is 6.37. The van der Waals surface area contributed by atoms with E-state index in [-0.39, 0.29) is 17.7 Å². The Labute approximate surface area is 139 Å². The Hall–Kier alpha value is -2.63. The van der Waals surface area contributed by atoms with Gasteiger partial charge in [0.2, 0.25) is 5.91 Å². The predicted octanol–water partition coefficient (Wildman–Crippen LogP) is 2.32. The quantitative estimate of drug-likeness (QED) is 0.639. The van der Waals surface area contributed by atoms with Gasteiger partial charge in [-0.15, -0.1) is 0 Å². The van der Waals surface area contributed by atoms with Crippen LogP contribution in [-0.2, 0) is 14.3 Å². The maximum absolute atomic E-state index is 12.5. The summed E-state index contributed by atoms with van der Waals surface area (Å²) < 4.78 is 4.90. The molecular formula is C18H19NO5. The molecule has 1 amide bonds. The second kappa shape index (κ2) is 6.47. The van der Waals surface area contributed by atoms with E-state index in [4.69, 9.17) is 4.74 Å². The van der Waals surface area contributed by atoms with Crippen molar-refractivity contribution in [1.82, 2.24) is 0 Å². The highest BCUT2D eigenvalue weighted by Gasteiger charge is 2.51. The lowest BCUT2D eigenvalue weighted by Gasteiger charge is -2.23. The van der Waals surface area contributed by atoms with Crippen molar-refractivity contribution in [3.8, 4) is 0 Å². The van der Waals surface area contributed by atoms with Gasteiger partial charge in [0.05, 0.1) is 24.0 Å². The van der Waals surface area contributed by atoms with Gasteiger partial charge in [0.15, 0.2) is 0 Å². The average molecular weight is 329 g/mol. The van der Waals surface area contributed by atoms with Gasteiger partial charge in [-0.2, -0.15) is 0 Å². The molecular weight excluding hydrogens is 310 g/mol. The maximum Gasteiger partial charge on any atom is 0.338 e. The largest absolute Gasteiger partial charge is 0.481 e. The van der Waals surface area contributed by atoms with E-state index < -0.39 is 23.8 Å². The van der Waals surface area contributed by atoms with Crippen LogP contribution in [0.5, 0.6) is 0 Å². The summed E-state index contributed by atoms with van der Waals surface area (Å²) in [5, 5.41) is 12.2. The Bertz CT molecular complexity index is 694. The topological polar surface area (TPSA) is 92.7 Å². The van der Waals surface area contributed by atoms with Gasteiger partial charge in [0.1, 0.15) is 0 Å². The first-order valence-corrected chi connectivity index (χ1v) is 8.00. The maximum atomic E-state index is 12.5. The number of amides is 1. The number of fused-ring (bicyclic) bond motifs is 2. The summed E-state index contributed by atoms with van der Waals surface area (Å²) >= 11 is 0. The monoisotopic (exact) mass is 329 g/mol. The number of esters is 1. The molecule has 1 fully saturated rings. The van der Waals surface area contributed by atoms with Gasteiger partial charge in [0, 0.05) is 5.69 Å². The first-order chi connectivity index (χ1) is 11.5. The molecule has 6 heteroatoms. The zero-order valence-electron chi connectivity index (χ0n) is 13.3. The Morgan fingerprint density at radius 2 is 1.75 bits per heavy atom. The van der Waals surface area contributed by atoms with Crippen molar-refractivity contribution in [1.29, 1.82) is 0 Å². The number of carboxylic acid groups (broad SMARTS) is 1. The van der Waals surface area contributed by atoms with Gasteiger partial charge in [-0.3, -0.25) is 9.59 Å². The molecule has 0 unspecified atom stereocenters. The van der Waals surface area contributed by atoms with Crippen LogP contribution in [0.4, 0.5) is 5.69 Å². The van der Waals surface area contributed by atoms with Crippen LogP contribution in [-0.4, -0.2) is 29.6 Å². The lowest BCUT2D eigenvalue weighted by molar-refractivity contribution is -0.146.